The molecule has 0 amide bonds. The Kier molecular flexibility index (Phi) is 3.81. The van der Waals surface area contributed by atoms with Crippen molar-refractivity contribution in [1.29, 1.82) is 0 Å². The number of halogens is 1. The maximum absolute atomic E-state index is 9.89. The zero-order valence-corrected chi connectivity index (χ0v) is 12.2. The number of aromatic hydroxyl groups is 1. The minimum atomic E-state index is 0.312. The van der Waals surface area contributed by atoms with E-state index in [2.05, 4.69) is 4.98 Å². The molecule has 0 spiro atoms. The van der Waals surface area contributed by atoms with Gasteiger partial charge in [0.1, 0.15) is 5.75 Å². The van der Waals surface area contributed by atoms with Crippen LogP contribution >= 0.6 is 23.4 Å². The third-order valence-corrected chi connectivity index (χ3v) is 4.56. The summed E-state index contributed by atoms with van der Waals surface area (Å²) < 4.78 is 0. The number of fused-ring (bicyclic) bond motifs is 1. The summed E-state index contributed by atoms with van der Waals surface area (Å²) in [7, 11) is 0. The van der Waals surface area contributed by atoms with Gasteiger partial charge in [-0.3, -0.25) is 4.98 Å². The van der Waals surface area contributed by atoms with Crippen LogP contribution in [0.4, 0.5) is 0 Å². The quantitative estimate of drug-likeness (QED) is 0.699. The number of rotatable bonds is 3. The molecule has 0 saturated heterocycles. The van der Waals surface area contributed by atoms with Gasteiger partial charge in [0.15, 0.2) is 0 Å². The van der Waals surface area contributed by atoms with E-state index in [4.69, 9.17) is 11.6 Å². The van der Waals surface area contributed by atoms with Crippen molar-refractivity contribution in [3.63, 3.8) is 0 Å². The van der Waals surface area contributed by atoms with E-state index in [0.717, 1.165) is 27.0 Å². The molecular formula is C16H12ClNOS. The van der Waals surface area contributed by atoms with E-state index in [1.165, 1.54) is 0 Å². The zero-order valence-electron chi connectivity index (χ0n) is 10.6. The lowest BCUT2D eigenvalue weighted by Gasteiger charge is -2.08. The summed E-state index contributed by atoms with van der Waals surface area (Å²) >= 11 is 7.82. The number of nitrogens with zero attached hydrogens (tertiary/aromatic N) is 1. The van der Waals surface area contributed by atoms with Crippen LogP contribution in [0.25, 0.3) is 10.8 Å². The highest BCUT2D eigenvalue weighted by atomic mass is 35.5. The fourth-order valence-corrected chi connectivity index (χ4v) is 3.38. The first-order valence-corrected chi connectivity index (χ1v) is 7.54. The molecular weight excluding hydrogens is 290 g/mol. The molecule has 1 aromatic heterocycles. The summed E-state index contributed by atoms with van der Waals surface area (Å²) in [6, 6.07) is 13.5. The molecule has 4 heteroatoms. The minimum Gasteiger partial charge on any atom is -0.507 e. The average Bonchev–Trinajstić information content (AvgIpc) is 2.48. The Morgan fingerprint density at radius 1 is 1.05 bits per heavy atom. The van der Waals surface area contributed by atoms with Crippen molar-refractivity contribution in [3.8, 4) is 5.75 Å². The number of hydrogen-bond acceptors (Lipinski definition) is 3. The zero-order chi connectivity index (χ0) is 13.9. The van der Waals surface area contributed by atoms with Gasteiger partial charge in [0, 0.05) is 28.4 Å². The topological polar surface area (TPSA) is 33.1 Å². The van der Waals surface area contributed by atoms with Crippen LogP contribution in [0, 0.1) is 0 Å². The summed E-state index contributed by atoms with van der Waals surface area (Å²) in [4.78, 5) is 5.12. The first kappa shape index (κ1) is 13.3. The largest absolute Gasteiger partial charge is 0.507 e. The molecule has 3 rings (SSSR count). The summed E-state index contributed by atoms with van der Waals surface area (Å²) in [5.41, 5.74) is 1.06. The summed E-state index contributed by atoms with van der Waals surface area (Å²) in [6.45, 7) is 0. The molecule has 0 unspecified atom stereocenters. The Morgan fingerprint density at radius 2 is 1.85 bits per heavy atom. The minimum absolute atomic E-state index is 0.312. The fourth-order valence-electron chi connectivity index (χ4n) is 2.06. The number of aromatic nitrogens is 1. The van der Waals surface area contributed by atoms with Crippen molar-refractivity contribution in [2.75, 3.05) is 0 Å². The van der Waals surface area contributed by atoms with E-state index >= 15 is 0 Å². The highest BCUT2D eigenvalue weighted by Crippen LogP contribution is 2.35. The molecule has 3 aromatic rings. The Hall–Kier alpha value is -1.71. The molecule has 0 aliphatic carbocycles. The number of thioether (sulfide) groups is 1. The lowest BCUT2D eigenvalue weighted by molar-refractivity contribution is 0.481. The van der Waals surface area contributed by atoms with Gasteiger partial charge in [-0.2, -0.15) is 0 Å². The number of pyridine rings is 1. The Bertz CT molecular complexity index is 760. The number of hydrogen-bond donors (Lipinski definition) is 1. The number of phenolic OH excluding ortho intramolecular Hbond substituents is 1. The highest BCUT2D eigenvalue weighted by molar-refractivity contribution is 7.98. The third kappa shape index (κ3) is 2.60. The van der Waals surface area contributed by atoms with Crippen LogP contribution in [0.3, 0.4) is 0 Å². The molecule has 2 nitrogen and oxygen atoms in total. The van der Waals surface area contributed by atoms with Gasteiger partial charge in [-0.15, -0.1) is 11.8 Å². The maximum atomic E-state index is 9.89. The fraction of sp³-hybridized carbons (Fsp3) is 0.0625. The van der Waals surface area contributed by atoms with Crippen molar-refractivity contribution >= 4 is 34.1 Å². The van der Waals surface area contributed by atoms with E-state index in [9.17, 15) is 5.11 Å². The Balaban J connectivity index is 1.92. The van der Waals surface area contributed by atoms with E-state index in [-0.39, 0.29) is 0 Å². The van der Waals surface area contributed by atoms with Crippen LogP contribution in [-0.2, 0) is 5.75 Å². The number of benzene rings is 2. The van der Waals surface area contributed by atoms with Gasteiger partial charge < -0.3 is 5.11 Å². The molecule has 0 radical (unpaired) electrons. The second kappa shape index (κ2) is 5.73. The first-order chi connectivity index (χ1) is 9.75. The average molecular weight is 302 g/mol. The number of phenols is 1. The molecule has 20 heavy (non-hydrogen) atoms. The van der Waals surface area contributed by atoms with E-state index < -0.39 is 0 Å². The normalized spacial score (nSPS) is 10.8. The van der Waals surface area contributed by atoms with Crippen molar-refractivity contribution in [2.45, 2.75) is 10.6 Å². The summed E-state index contributed by atoms with van der Waals surface area (Å²) in [6.07, 6.45) is 3.41. The predicted molar refractivity (Wildman–Crippen MR) is 84.4 cm³/mol. The van der Waals surface area contributed by atoms with Crippen LogP contribution in [-0.4, -0.2) is 10.1 Å². The second-order valence-corrected chi connectivity index (χ2v) is 5.81. The van der Waals surface area contributed by atoms with Gasteiger partial charge in [0.25, 0.3) is 0 Å². The molecule has 0 aliphatic rings. The molecule has 0 aliphatic heterocycles. The molecule has 100 valence electrons. The molecule has 0 atom stereocenters. The Labute approximate surface area is 126 Å². The molecule has 2 aromatic carbocycles. The van der Waals surface area contributed by atoms with Crippen molar-refractivity contribution in [1.82, 2.24) is 4.98 Å². The van der Waals surface area contributed by atoms with Crippen molar-refractivity contribution < 1.29 is 5.11 Å². The predicted octanol–water partition coefficient (Wildman–Crippen LogP) is 4.89. The van der Waals surface area contributed by atoms with Crippen LogP contribution in [0.1, 0.15) is 5.56 Å². The van der Waals surface area contributed by atoms with Crippen LogP contribution in [0.5, 0.6) is 5.75 Å². The molecule has 1 N–H and O–H groups in total. The smallest absolute Gasteiger partial charge is 0.123 e. The van der Waals surface area contributed by atoms with Gasteiger partial charge in [0.2, 0.25) is 0 Å². The van der Waals surface area contributed by atoms with E-state index in [1.54, 1.807) is 30.2 Å². The third-order valence-electron chi connectivity index (χ3n) is 3.10. The van der Waals surface area contributed by atoms with Gasteiger partial charge in [-0.05, 0) is 29.1 Å². The van der Waals surface area contributed by atoms with Crippen molar-refractivity contribution in [3.05, 3.63) is 65.4 Å². The van der Waals surface area contributed by atoms with E-state index in [0.29, 0.717) is 10.8 Å². The van der Waals surface area contributed by atoms with Gasteiger partial charge in [0.05, 0.1) is 5.02 Å². The molecule has 1 heterocycles. The summed E-state index contributed by atoms with van der Waals surface area (Å²) in [5.74, 6) is 1.09. The molecule has 0 saturated carbocycles. The van der Waals surface area contributed by atoms with E-state index in [1.807, 2.05) is 36.4 Å². The molecule has 0 fully saturated rings. The maximum Gasteiger partial charge on any atom is 0.123 e. The lowest BCUT2D eigenvalue weighted by atomic mass is 10.1. The van der Waals surface area contributed by atoms with Gasteiger partial charge in [-0.25, -0.2) is 0 Å². The second-order valence-electron chi connectivity index (χ2n) is 4.38. The lowest BCUT2D eigenvalue weighted by Crippen LogP contribution is -1.85. The first-order valence-electron chi connectivity index (χ1n) is 6.17. The van der Waals surface area contributed by atoms with Gasteiger partial charge in [-0.1, -0.05) is 35.9 Å². The monoisotopic (exact) mass is 301 g/mol. The highest BCUT2D eigenvalue weighted by Gasteiger charge is 2.07. The van der Waals surface area contributed by atoms with Crippen LogP contribution < -0.4 is 0 Å². The SMILES string of the molecule is Oc1ccc(SCc2ccncc2Cl)c2ccccc12. The van der Waals surface area contributed by atoms with Crippen molar-refractivity contribution in [2.24, 2.45) is 0 Å². The van der Waals surface area contributed by atoms with Gasteiger partial charge >= 0.3 is 0 Å². The van der Waals surface area contributed by atoms with Crippen LogP contribution in [0.15, 0.2) is 59.8 Å². The summed E-state index contributed by atoms with van der Waals surface area (Å²) in [5, 5.41) is 12.5. The Morgan fingerprint density at radius 3 is 2.65 bits per heavy atom. The van der Waals surface area contributed by atoms with Crippen LogP contribution in [0.2, 0.25) is 5.02 Å². The molecule has 0 bridgehead atoms. The standard InChI is InChI=1S/C16H12ClNOS/c17-14-9-18-8-7-11(14)10-20-16-6-5-15(19)12-3-1-2-4-13(12)16/h1-9,19H,10H2.